The third-order valence-electron chi connectivity index (χ3n) is 5.24. The maximum absolute atomic E-state index is 12.4. The number of imidazole rings is 1. The Morgan fingerprint density at radius 1 is 1.12 bits per heavy atom. The maximum Gasteiger partial charge on any atom is 0.332 e. The van der Waals surface area contributed by atoms with Gasteiger partial charge in [0.1, 0.15) is 6.54 Å². The molecule has 12 nitrogen and oxygen atoms in total. The molecule has 4 rings (SSSR count). The van der Waals surface area contributed by atoms with Gasteiger partial charge in [0.2, 0.25) is 0 Å². The fraction of sp³-hybridized carbons (Fsp3) is 0.333. The van der Waals surface area contributed by atoms with Crippen LogP contribution in [0.4, 0.5) is 5.69 Å². The van der Waals surface area contributed by atoms with E-state index in [2.05, 4.69) is 15.6 Å². The van der Waals surface area contributed by atoms with Crippen molar-refractivity contribution in [1.29, 1.82) is 0 Å². The largest absolute Gasteiger partial charge is 0.454 e. The number of carbonyl (C=O) groups is 3. The summed E-state index contributed by atoms with van der Waals surface area (Å²) in [5.74, 6) is -1.68. The molecule has 2 amide bonds. The fourth-order valence-electron chi connectivity index (χ4n) is 3.31. The molecule has 2 heterocycles. The predicted molar refractivity (Wildman–Crippen MR) is 117 cm³/mol. The number of esters is 1. The Labute approximate surface area is 186 Å². The van der Waals surface area contributed by atoms with Crippen LogP contribution < -0.4 is 21.9 Å². The van der Waals surface area contributed by atoms with Crippen LogP contribution >= 0.6 is 0 Å². The molecule has 0 spiro atoms. The predicted octanol–water partition coefficient (Wildman–Crippen LogP) is -0.492. The Kier molecular flexibility index (Phi) is 5.82. The van der Waals surface area contributed by atoms with Gasteiger partial charge in [-0.1, -0.05) is 12.1 Å². The second kappa shape index (κ2) is 8.73. The van der Waals surface area contributed by atoms with E-state index in [1.165, 1.54) is 29.6 Å². The molecular weight excluding hydrogens is 432 g/mol. The topological polar surface area (TPSA) is 146 Å². The van der Waals surface area contributed by atoms with E-state index in [0.717, 1.165) is 17.4 Å². The number of anilines is 1. The molecule has 0 atom stereocenters. The van der Waals surface area contributed by atoms with E-state index in [9.17, 15) is 24.0 Å². The first-order chi connectivity index (χ1) is 15.8. The number of aromatic nitrogens is 4. The fourth-order valence-corrected chi connectivity index (χ4v) is 3.31. The van der Waals surface area contributed by atoms with Crippen LogP contribution in [0.1, 0.15) is 23.2 Å². The first kappa shape index (κ1) is 22.0. The normalized spacial score (nSPS) is 13.0. The Hall–Kier alpha value is -4.22. The molecule has 0 saturated heterocycles. The molecule has 0 aliphatic heterocycles. The molecule has 0 bridgehead atoms. The van der Waals surface area contributed by atoms with Crippen LogP contribution in [0.5, 0.6) is 0 Å². The molecule has 1 aromatic carbocycles. The maximum atomic E-state index is 12.4. The van der Waals surface area contributed by atoms with E-state index in [1.54, 1.807) is 24.3 Å². The van der Waals surface area contributed by atoms with Crippen molar-refractivity contribution in [3.8, 4) is 0 Å². The summed E-state index contributed by atoms with van der Waals surface area (Å²) >= 11 is 0. The summed E-state index contributed by atoms with van der Waals surface area (Å²) in [6, 6.07) is 6.71. The Morgan fingerprint density at radius 2 is 1.85 bits per heavy atom. The lowest BCUT2D eigenvalue weighted by molar-refractivity contribution is -0.147. The number of hydrogen-bond donors (Lipinski definition) is 2. The molecule has 2 aromatic heterocycles. The highest BCUT2D eigenvalue weighted by Crippen LogP contribution is 2.21. The number of amides is 2. The number of benzene rings is 1. The van der Waals surface area contributed by atoms with Crippen molar-refractivity contribution in [2.75, 3.05) is 11.9 Å². The average molecular weight is 454 g/mol. The monoisotopic (exact) mass is 454 g/mol. The highest BCUT2D eigenvalue weighted by atomic mass is 16.5. The Balaban J connectivity index is 1.39. The number of nitrogens with zero attached hydrogens (tertiary/aromatic N) is 4. The molecule has 1 aliphatic rings. The smallest absolute Gasteiger partial charge is 0.332 e. The molecule has 172 valence electrons. The number of fused-ring (bicyclic) bond motifs is 1. The quantitative estimate of drug-likeness (QED) is 0.458. The summed E-state index contributed by atoms with van der Waals surface area (Å²) in [7, 11) is 2.79. The molecular formula is C21H22N6O6. The van der Waals surface area contributed by atoms with Crippen LogP contribution in [-0.2, 0) is 35.0 Å². The minimum absolute atomic E-state index is 0.0663. The SMILES string of the molecule is Cn1c(=O)c2c(ncn2CC(=O)OCC(=O)Nc2ccccc2C(=O)NC2CC2)n(C)c1=O. The van der Waals surface area contributed by atoms with Crippen LogP contribution in [0.3, 0.4) is 0 Å². The van der Waals surface area contributed by atoms with Gasteiger partial charge in [-0.25, -0.2) is 9.78 Å². The van der Waals surface area contributed by atoms with E-state index in [1.807, 2.05) is 0 Å². The van der Waals surface area contributed by atoms with Gasteiger partial charge in [0.15, 0.2) is 17.8 Å². The summed E-state index contributed by atoms with van der Waals surface area (Å²) in [5, 5.41) is 5.43. The van der Waals surface area contributed by atoms with Gasteiger partial charge in [-0.2, -0.15) is 0 Å². The molecule has 3 aromatic rings. The van der Waals surface area contributed by atoms with Crippen molar-refractivity contribution in [1.82, 2.24) is 24.0 Å². The van der Waals surface area contributed by atoms with Crippen LogP contribution in [0, 0.1) is 0 Å². The number of hydrogen-bond acceptors (Lipinski definition) is 7. The van der Waals surface area contributed by atoms with Gasteiger partial charge in [-0.05, 0) is 25.0 Å². The van der Waals surface area contributed by atoms with Gasteiger partial charge in [0, 0.05) is 20.1 Å². The van der Waals surface area contributed by atoms with Crippen molar-refractivity contribution in [3.63, 3.8) is 0 Å². The van der Waals surface area contributed by atoms with Gasteiger partial charge in [0.05, 0.1) is 17.6 Å². The molecule has 12 heteroatoms. The van der Waals surface area contributed by atoms with Gasteiger partial charge in [-0.3, -0.25) is 28.3 Å². The van der Waals surface area contributed by atoms with E-state index >= 15 is 0 Å². The molecule has 1 fully saturated rings. The zero-order valence-corrected chi connectivity index (χ0v) is 18.0. The van der Waals surface area contributed by atoms with Crippen LogP contribution in [0.2, 0.25) is 0 Å². The van der Waals surface area contributed by atoms with Crippen LogP contribution in [-0.4, -0.2) is 49.1 Å². The number of aryl methyl sites for hydroxylation is 1. The third-order valence-corrected chi connectivity index (χ3v) is 5.24. The van der Waals surface area contributed by atoms with Gasteiger partial charge in [0.25, 0.3) is 17.4 Å². The summed E-state index contributed by atoms with van der Waals surface area (Å²) in [6.07, 6.45) is 3.12. The van der Waals surface area contributed by atoms with Crippen molar-refractivity contribution < 1.29 is 19.1 Å². The highest BCUT2D eigenvalue weighted by molar-refractivity contribution is 6.04. The minimum atomic E-state index is -0.778. The van der Waals surface area contributed by atoms with Crippen molar-refractivity contribution in [2.45, 2.75) is 25.4 Å². The summed E-state index contributed by atoms with van der Waals surface area (Å²) in [4.78, 5) is 65.4. The lowest BCUT2D eigenvalue weighted by Crippen LogP contribution is -2.37. The van der Waals surface area contributed by atoms with E-state index in [4.69, 9.17) is 4.74 Å². The summed E-state index contributed by atoms with van der Waals surface area (Å²) in [6.45, 7) is -0.960. The second-order valence-corrected chi connectivity index (χ2v) is 7.75. The lowest BCUT2D eigenvalue weighted by atomic mass is 10.1. The highest BCUT2D eigenvalue weighted by Gasteiger charge is 2.25. The van der Waals surface area contributed by atoms with Crippen molar-refractivity contribution >= 4 is 34.6 Å². The number of ether oxygens (including phenoxy) is 1. The van der Waals surface area contributed by atoms with Gasteiger partial charge >= 0.3 is 11.7 Å². The first-order valence-electron chi connectivity index (χ1n) is 10.2. The van der Waals surface area contributed by atoms with Gasteiger partial charge < -0.3 is 19.9 Å². The number of nitrogens with one attached hydrogen (secondary N) is 2. The zero-order chi connectivity index (χ0) is 23.7. The number of rotatable bonds is 7. The molecule has 1 aliphatic carbocycles. The average Bonchev–Trinajstić information content (AvgIpc) is 3.51. The lowest BCUT2D eigenvalue weighted by Gasteiger charge is -2.11. The number of para-hydroxylation sites is 1. The van der Waals surface area contributed by atoms with Crippen molar-refractivity contribution in [3.05, 3.63) is 57.0 Å². The van der Waals surface area contributed by atoms with E-state index < -0.39 is 29.7 Å². The molecule has 2 N–H and O–H groups in total. The summed E-state index contributed by atoms with van der Waals surface area (Å²) in [5.41, 5.74) is -0.316. The van der Waals surface area contributed by atoms with Gasteiger partial charge in [-0.15, -0.1) is 0 Å². The first-order valence-corrected chi connectivity index (χ1v) is 10.2. The molecule has 0 radical (unpaired) electrons. The van der Waals surface area contributed by atoms with E-state index in [0.29, 0.717) is 11.3 Å². The molecule has 0 unspecified atom stereocenters. The van der Waals surface area contributed by atoms with E-state index in [-0.39, 0.29) is 29.7 Å². The second-order valence-electron chi connectivity index (χ2n) is 7.75. The zero-order valence-electron chi connectivity index (χ0n) is 18.0. The Morgan fingerprint density at radius 3 is 2.58 bits per heavy atom. The Bertz CT molecular complexity index is 1380. The minimum Gasteiger partial charge on any atom is -0.454 e. The van der Waals surface area contributed by atoms with Crippen molar-refractivity contribution in [2.24, 2.45) is 14.1 Å². The van der Waals surface area contributed by atoms with Crippen LogP contribution in [0.25, 0.3) is 11.2 Å². The third kappa shape index (κ3) is 4.54. The standard InChI is InChI=1S/C21H22N6O6/c1-25-18-17(20(31)26(2)21(25)32)27(11-22-18)9-16(29)33-10-15(28)24-14-6-4-3-5-13(14)19(30)23-12-7-8-12/h3-6,11-12H,7-10H2,1-2H3,(H,23,30)(H,24,28). The molecule has 1 saturated carbocycles. The van der Waals surface area contributed by atoms with Crippen LogP contribution in [0.15, 0.2) is 40.2 Å². The summed E-state index contributed by atoms with van der Waals surface area (Å²) < 4.78 is 8.39. The molecule has 33 heavy (non-hydrogen) atoms. The number of carbonyl (C=O) groups excluding carboxylic acids is 3.